The molecule has 2 heterocycles. The van der Waals surface area contributed by atoms with E-state index < -0.39 is 0 Å². The van der Waals surface area contributed by atoms with Crippen LogP contribution in [0.3, 0.4) is 0 Å². The molecular formula is C18H19N3. The van der Waals surface area contributed by atoms with Crippen molar-refractivity contribution in [2.24, 2.45) is 0 Å². The largest absolute Gasteiger partial charge is 0.341 e. The minimum Gasteiger partial charge on any atom is -0.341 e. The minimum atomic E-state index is 0.418. The Morgan fingerprint density at radius 2 is 1.76 bits per heavy atom. The lowest BCUT2D eigenvalue weighted by Crippen LogP contribution is -2.38. The first-order valence-electron chi connectivity index (χ1n) is 8.08. The molecule has 3 heteroatoms. The van der Waals surface area contributed by atoms with E-state index in [4.69, 9.17) is 9.97 Å². The lowest BCUT2D eigenvalue weighted by Gasteiger charge is -2.31. The van der Waals surface area contributed by atoms with Gasteiger partial charge in [0.2, 0.25) is 5.95 Å². The van der Waals surface area contributed by atoms with Crippen LogP contribution in [0.5, 0.6) is 0 Å². The molecule has 1 aliphatic heterocycles. The summed E-state index contributed by atoms with van der Waals surface area (Å²) in [5, 5.41) is 0. The molecule has 0 atom stereocenters. The fourth-order valence-electron chi connectivity index (χ4n) is 3.76. The van der Waals surface area contributed by atoms with Crippen molar-refractivity contribution in [2.45, 2.75) is 37.5 Å². The highest BCUT2D eigenvalue weighted by Crippen LogP contribution is 2.57. The van der Waals surface area contributed by atoms with Crippen molar-refractivity contribution in [1.82, 2.24) is 9.97 Å². The Hall–Kier alpha value is -1.90. The highest BCUT2D eigenvalue weighted by Gasteiger charge is 2.51. The molecule has 2 aromatic rings. The van der Waals surface area contributed by atoms with Crippen LogP contribution in [-0.2, 0) is 11.8 Å². The van der Waals surface area contributed by atoms with Gasteiger partial charge in [0.15, 0.2) is 0 Å². The van der Waals surface area contributed by atoms with Crippen LogP contribution in [0.1, 0.15) is 36.9 Å². The van der Waals surface area contributed by atoms with Gasteiger partial charge in [0.1, 0.15) is 0 Å². The van der Waals surface area contributed by atoms with Crippen LogP contribution < -0.4 is 4.90 Å². The van der Waals surface area contributed by atoms with E-state index in [-0.39, 0.29) is 0 Å². The summed E-state index contributed by atoms with van der Waals surface area (Å²) in [5.74, 6) is 0.965. The van der Waals surface area contributed by atoms with Crippen molar-refractivity contribution in [3.8, 4) is 11.3 Å². The van der Waals surface area contributed by atoms with Crippen molar-refractivity contribution in [1.29, 1.82) is 0 Å². The number of hydrogen-bond donors (Lipinski definition) is 0. The average molecular weight is 277 g/mol. The highest BCUT2D eigenvalue weighted by molar-refractivity contribution is 5.68. The van der Waals surface area contributed by atoms with E-state index in [1.165, 1.54) is 48.2 Å². The molecule has 0 unspecified atom stereocenters. The number of rotatable bonds is 2. The molecule has 1 saturated heterocycles. The molecule has 0 amide bonds. The number of anilines is 1. The normalized spacial score (nSPS) is 21.2. The van der Waals surface area contributed by atoms with Crippen LogP contribution in [0.15, 0.2) is 30.3 Å². The number of aromatic nitrogens is 2. The van der Waals surface area contributed by atoms with Crippen molar-refractivity contribution >= 4 is 5.95 Å². The predicted molar refractivity (Wildman–Crippen MR) is 83.5 cm³/mol. The highest BCUT2D eigenvalue weighted by atomic mass is 15.3. The summed E-state index contributed by atoms with van der Waals surface area (Å²) in [6.07, 6.45) is 6.35. The lowest BCUT2D eigenvalue weighted by molar-refractivity contribution is 0.594. The molecule has 1 aromatic heterocycles. The first kappa shape index (κ1) is 11.7. The smallest absolute Gasteiger partial charge is 0.226 e. The first-order valence-corrected chi connectivity index (χ1v) is 8.08. The van der Waals surface area contributed by atoms with Gasteiger partial charge in [-0.15, -0.1) is 0 Å². The van der Waals surface area contributed by atoms with Crippen molar-refractivity contribution in [2.75, 3.05) is 18.0 Å². The van der Waals surface area contributed by atoms with Gasteiger partial charge in [-0.1, -0.05) is 30.3 Å². The van der Waals surface area contributed by atoms with E-state index in [1.807, 2.05) is 0 Å². The van der Waals surface area contributed by atoms with E-state index in [1.54, 1.807) is 0 Å². The molecule has 3 nitrogen and oxygen atoms in total. The number of benzene rings is 1. The summed E-state index contributed by atoms with van der Waals surface area (Å²) < 4.78 is 0. The number of nitrogens with zero attached hydrogens (tertiary/aromatic N) is 3. The van der Waals surface area contributed by atoms with Crippen LogP contribution in [0.4, 0.5) is 5.95 Å². The molecule has 2 aliphatic carbocycles. The second-order valence-electron chi connectivity index (χ2n) is 6.69. The van der Waals surface area contributed by atoms with E-state index in [9.17, 15) is 0 Å². The second kappa shape index (κ2) is 4.06. The van der Waals surface area contributed by atoms with E-state index in [0.29, 0.717) is 5.41 Å². The van der Waals surface area contributed by atoms with Crippen LogP contribution in [0.2, 0.25) is 0 Å². The third kappa shape index (κ3) is 1.66. The molecule has 5 rings (SSSR count). The molecule has 0 bridgehead atoms. The Morgan fingerprint density at radius 1 is 0.952 bits per heavy atom. The molecule has 0 N–H and O–H groups in total. The van der Waals surface area contributed by atoms with Crippen molar-refractivity contribution in [3.63, 3.8) is 0 Å². The molecule has 1 aromatic carbocycles. The summed E-state index contributed by atoms with van der Waals surface area (Å²) >= 11 is 0. The van der Waals surface area contributed by atoms with Crippen molar-refractivity contribution < 1.29 is 0 Å². The SMILES string of the molecule is c1ccc(-c2nc(N3CCC3)nc3c2CCC32CC2)cc1. The summed E-state index contributed by atoms with van der Waals surface area (Å²) in [6, 6.07) is 10.6. The van der Waals surface area contributed by atoms with Gasteiger partial charge in [-0.2, -0.15) is 0 Å². The maximum absolute atomic E-state index is 4.99. The van der Waals surface area contributed by atoms with E-state index >= 15 is 0 Å². The predicted octanol–water partition coefficient (Wildman–Crippen LogP) is 3.33. The van der Waals surface area contributed by atoms with Crippen molar-refractivity contribution in [3.05, 3.63) is 41.6 Å². The zero-order valence-electron chi connectivity index (χ0n) is 12.2. The summed E-state index contributed by atoms with van der Waals surface area (Å²) in [6.45, 7) is 2.22. The molecule has 0 radical (unpaired) electrons. The van der Waals surface area contributed by atoms with Gasteiger partial charge in [0, 0.05) is 29.6 Å². The molecule has 106 valence electrons. The van der Waals surface area contributed by atoms with E-state index in [0.717, 1.165) is 25.5 Å². The molecule has 2 fully saturated rings. The van der Waals surface area contributed by atoms with Crippen LogP contribution in [0.25, 0.3) is 11.3 Å². The summed E-state index contributed by atoms with van der Waals surface area (Å²) in [7, 11) is 0. The fraction of sp³-hybridized carbons (Fsp3) is 0.444. The third-order valence-corrected chi connectivity index (χ3v) is 5.39. The van der Waals surface area contributed by atoms with E-state index in [2.05, 4.69) is 35.2 Å². The zero-order valence-corrected chi connectivity index (χ0v) is 12.2. The number of fused-ring (bicyclic) bond motifs is 2. The molecule has 1 spiro atoms. The Labute approximate surface area is 125 Å². The van der Waals surface area contributed by atoms with Gasteiger partial charge in [-0.05, 0) is 32.1 Å². The Balaban J connectivity index is 1.71. The monoisotopic (exact) mass is 277 g/mol. The van der Waals surface area contributed by atoms with Gasteiger partial charge in [-0.3, -0.25) is 0 Å². The topological polar surface area (TPSA) is 29.0 Å². The quantitative estimate of drug-likeness (QED) is 0.843. The molecule has 21 heavy (non-hydrogen) atoms. The van der Waals surface area contributed by atoms with Gasteiger partial charge in [0.05, 0.1) is 11.4 Å². The maximum atomic E-state index is 4.99. The third-order valence-electron chi connectivity index (χ3n) is 5.39. The average Bonchev–Trinajstić information content (AvgIpc) is 3.16. The summed E-state index contributed by atoms with van der Waals surface area (Å²) in [5.41, 5.74) is 5.64. The molecule has 1 saturated carbocycles. The van der Waals surface area contributed by atoms with Crippen LogP contribution >= 0.6 is 0 Å². The zero-order chi connectivity index (χ0) is 13.9. The fourth-order valence-corrected chi connectivity index (χ4v) is 3.76. The Bertz CT molecular complexity index is 700. The Morgan fingerprint density at radius 3 is 2.43 bits per heavy atom. The van der Waals surface area contributed by atoms with Crippen LogP contribution in [0, 0.1) is 0 Å². The standard InChI is InChI=1S/C18H19N3/c1-2-5-13(6-3-1)15-14-7-8-18(9-10-18)16(14)20-17(19-15)21-11-4-12-21/h1-3,5-6H,4,7-12H2. The van der Waals surface area contributed by atoms with Gasteiger partial charge in [0.25, 0.3) is 0 Å². The molecular weight excluding hydrogens is 258 g/mol. The maximum Gasteiger partial charge on any atom is 0.226 e. The Kier molecular flexibility index (Phi) is 2.27. The molecule has 3 aliphatic rings. The first-order chi connectivity index (χ1) is 10.4. The van der Waals surface area contributed by atoms with Gasteiger partial charge >= 0.3 is 0 Å². The van der Waals surface area contributed by atoms with Crippen LogP contribution in [-0.4, -0.2) is 23.1 Å². The van der Waals surface area contributed by atoms with Gasteiger partial charge < -0.3 is 4.90 Å². The lowest BCUT2D eigenvalue weighted by atomic mass is 10.0. The van der Waals surface area contributed by atoms with Gasteiger partial charge in [-0.25, -0.2) is 9.97 Å². The number of hydrogen-bond acceptors (Lipinski definition) is 3. The second-order valence-corrected chi connectivity index (χ2v) is 6.69. The summed E-state index contributed by atoms with van der Waals surface area (Å²) in [4.78, 5) is 12.3. The minimum absolute atomic E-state index is 0.418.